The van der Waals surface area contributed by atoms with Gasteiger partial charge in [-0.2, -0.15) is 0 Å². The van der Waals surface area contributed by atoms with Gasteiger partial charge in [-0.1, -0.05) is 6.07 Å². The van der Waals surface area contributed by atoms with Crippen LogP contribution in [0.25, 0.3) is 0 Å². The largest absolute Gasteiger partial charge is 0.496 e. The van der Waals surface area contributed by atoms with Crippen LogP contribution in [0.1, 0.15) is 24.4 Å². The van der Waals surface area contributed by atoms with Crippen LogP contribution in [0.3, 0.4) is 0 Å². The Balaban J connectivity index is 1.78. The fourth-order valence-corrected chi connectivity index (χ4v) is 3.49. The lowest BCUT2D eigenvalue weighted by Gasteiger charge is -2.29. The lowest BCUT2D eigenvalue weighted by molar-refractivity contribution is 0.0852. The van der Waals surface area contributed by atoms with Gasteiger partial charge in [-0.15, -0.1) is 0 Å². The molecule has 0 radical (unpaired) electrons. The molecule has 1 aromatic carbocycles. The summed E-state index contributed by atoms with van der Waals surface area (Å²) in [7, 11) is 1.67. The molecule has 6 heteroatoms. The number of guanidine groups is 1. The van der Waals surface area contributed by atoms with Crippen molar-refractivity contribution in [3.05, 3.63) is 28.2 Å². The van der Waals surface area contributed by atoms with Gasteiger partial charge in [0.15, 0.2) is 5.96 Å². The number of nitrogens with two attached hydrogens (primary N) is 1. The molecule has 0 spiro atoms. The van der Waals surface area contributed by atoms with Crippen molar-refractivity contribution in [3.63, 3.8) is 0 Å². The predicted octanol–water partition coefficient (Wildman–Crippen LogP) is 2.31. The summed E-state index contributed by atoms with van der Waals surface area (Å²) in [6, 6.07) is 6.31. The third kappa shape index (κ3) is 3.01. The predicted molar refractivity (Wildman–Crippen MR) is 85.6 cm³/mol. The summed E-state index contributed by atoms with van der Waals surface area (Å²) in [6.07, 6.45) is 2.50. The normalized spacial score (nSPS) is 25.2. The van der Waals surface area contributed by atoms with Crippen molar-refractivity contribution in [1.29, 1.82) is 0 Å². The van der Waals surface area contributed by atoms with Crippen molar-refractivity contribution in [1.82, 2.24) is 4.90 Å². The van der Waals surface area contributed by atoms with Crippen LogP contribution in [0, 0.1) is 0 Å². The van der Waals surface area contributed by atoms with Crippen LogP contribution in [0.2, 0.25) is 0 Å². The summed E-state index contributed by atoms with van der Waals surface area (Å²) >= 11 is 3.54. The van der Waals surface area contributed by atoms with Crippen molar-refractivity contribution < 1.29 is 9.47 Å². The second kappa shape index (κ2) is 6.23. The van der Waals surface area contributed by atoms with Gasteiger partial charge in [-0.3, -0.25) is 4.99 Å². The number of methoxy groups -OCH3 is 1. The summed E-state index contributed by atoms with van der Waals surface area (Å²) < 4.78 is 12.0. The third-order valence-corrected chi connectivity index (χ3v) is 4.70. The molecule has 5 nitrogen and oxygen atoms in total. The van der Waals surface area contributed by atoms with Crippen molar-refractivity contribution in [3.8, 4) is 5.75 Å². The minimum atomic E-state index is 0.177. The van der Waals surface area contributed by atoms with E-state index in [2.05, 4.69) is 38.0 Å². The highest BCUT2D eigenvalue weighted by atomic mass is 79.9. The maximum absolute atomic E-state index is 6.06. The van der Waals surface area contributed by atoms with Gasteiger partial charge < -0.3 is 20.1 Å². The van der Waals surface area contributed by atoms with Gasteiger partial charge in [0.2, 0.25) is 0 Å². The summed E-state index contributed by atoms with van der Waals surface area (Å²) in [6.45, 7) is 2.36. The van der Waals surface area contributed by atoms with E-state index in [1.54, 1.807) is 7.11 Å². The number of hydrogen-bond acceptors (Lipinski definition) is 5. The van der Waals surface area contributed by atoms with E-state index in [0.29, 0.717) is 12.5 Å². The molecule has 3 rings (SSSR count). The Morgan fingerprint density at radius 1 is 1.52 bits per heavy atom. The SMILES string of the molecule is COc1ccc(C2CN=C(N)N2CC2CCCO2)cc1Br. The number of ether oxygens (including phenoxy) is 2. The lowest BCUT2D eigenvalue weighted by Crippen LogP contribution is -2.41. The van der Waals surface area contributed by atoms with Crippen LogP contribution in [0.15, 0.2) is 27.7 Å². The molecule has 2 atom stereocenters. The van der Waals surface area contributed by atoms with Crippen LogP contribution < -0.4 is 10.5 Å². The number of nitrogens with zero attached hydrogens (tertiary/aromatic N) is 2. The van der Waals surface area contributed by atoms with Gasteiger partial charge in [0, 0.05) is 13.2 Å². The maximum Gasteiger partial charge on any atom is 0.192 e. The minimum absolute atomic E-state index is 0.177. The molecule has 2 unspecified atom stereocenters. The van der Waals surface area contributed by atoms with Crippen molar-refractivity contribution in [2.24, 2.45) is 10.7 Å². The Bertz CT molecular complexity index is 544. The first-order chi connectivity index (χ1) is 10.2. The Morgan fingerprint density at radius 2 is 2.38 bits per heavy atom. The van der Waals surface area contributed by atoms with Gasteiger partial charge in [-0.05, 0) is 46.5 Å². The second-order valence-electron chi connectivity index (χ2n) is 5.40. The number of benzene rings is 1. The van der Waals surface area contributed by atoms with Crippen LogP contribution >= 0.6 is 15.9 Å². The summed E-state index contributed by atoms with van der Waals surface area (Å²) in [4.78, 5) is 6.56. The molecule has 1 fully saturated rings. The average Bonchev–Trinajstić information content (AvgIpc) is 3.11. The first-order valence-electron chi connectivity index (χ1n) is 7.20. The van der Waals surface area contributed by atoms with Crippen molar-refractivity contribution in [2.45, 2.75) is 25.0 Å². The Morgan fingerprint density at radius 3 is 3.05 bits per heavy atom. The Labute approximate surface area is 133 Å². The zero-order chi connectivity index (χ0) is 14.8. The first kappa shape index (κ1) is 14.7. The highest BCUT2D eigenvalue weighted by Gasteiger charge is 2.31. The van der Waals surface area contributed by atoms with E-state index in [1.165, 1.54) is 5.56 Å². The third-order valence-electron chi connectivity index (χ3n) is 4.08. The van der Waals surface area contributed by atoms with Gasteiger partial charge in [0.1, 0.15) is 5.75 Å². The number of hydrogen-bond donors (Lipinski definition) is 1. The van der Waals surface area contributed by atoms with E-state index in [9.17, 15) is 0 Å². The van der Waals surface area contributed by atoms with Gasteiger partial charge in [0.05, 0.1) is 30.3 Å². The molecular weight excluding hydrogens is 334 g/mol. The van der Waals surface area contributed by atoms with E-state index in [-0.39, 0.29) is 12.1 Å². The van der Waals surface area contributed by atoms with E-state index in [4.69, 9.17) is 15.2 Å². The van der Waals surface area contributed by atoms with E-state index in [0.717, 1.165) is 36.2 Å². The van der Waals surface area contributed by atoms with Crippen LogP contribution in [0.5, 0.6) is 5.75 Å². The molecule has 0 aliphatic carbocycles. The number of halogens is 1. The molecule has 0 bridgehead atoms. The van der Waals surface area contributed by atoms with E-state index in [1.807, 2.05) is 6.07 Å². The van der Waals surface area contributed by atoms with Crippen LogP contribution in [-0.4, -0.2) is 43.8 Å². The minimum Gasteiger partial charge on any atom is -0.496 e. The molecular formula is C15H20BrN3O2. The zero-order valence-electron chi connectivity index (χ0n) is 12.1. The smallest absolute Gasteiger partial charge is 0.192 e. The highest BCUT2D eigenvalue weighted by Crippen LogP contribution is 2.32. The van der Waals surface area contributed by atoms with Gasteiger partial charge in [0.25, 0.3) is 0 Å². The molecule has 21 heavy (non-hydrogen) atoms. The van der Waals surface area contributed by atoms with Gasteiger partial charge in [-0.25, -0.2) is 0 Å². The van der Waals surface area contributed by atoms with Crippen LogP contribution in [-0.2, 0) is 4.74 Å². The standard InChI is InChI=1S/C15H20BrN3O2/c1-20-14-5-4-10(7-12(14)16)13-8-18-15(17)19(13)9-11-3-2-6-21-11/h4-5,7,11,13H,2-3,6,8-9H2,1H3,(H2,17,18). The molecule has 2 N–H and O–H groups in total. The monoisotopic (exact) mass is 353 g/mol. The molecule has 1 aromatic rings. The molecule has 2 aliphatic heterocycles. The average molecular weight is 354 g/mol. The summed E-state index contributed by atoms with van der Waals surface area (Å²) in [5.74, 6) is 1.44. The molecule has 0 saturated carbocycles. The summed E-state index contributed by atoms with van der Waals surface area (Å²) in [5, 5.41) is 0. The first-order valence-corrected chi connectivity index (χ1v) is 8.00. The lowest BCUT2D eigenvalue weighted by atomic mass is 10.1. The van der Waals surface area contributed by atoms with E-state index < -0.39 is 0 Å². The molecule has 0 amide bonds. The fraction of sp³-hybridized carbons (Fsp3) is 0.533. The Kier molecular flexibility index (Phi) is 4.35. The Hall–Kier alpha value is -1.27. The van der Waals surface area contributed by atoms with Crippen molar-refractivity contribution in [2.75, 3.05) is 26.8 Å². The fourth-order valence-electron chi connectivity index (χ4n) is 2.93. The van der Waals surface area contributed by atoms with Gasteiger partial charge >= 0.3 is 0 Å². The highest BCUT2D eigenvalue weighted by molar-refractivity contribution is 9.10. The zero-order valence-corrected chi connectivity index (χ0v) is 13.7. The molecule has 0 aromatic heterocycles. The maximum atomic E-state index is 6.06. The molecule has 2 aliphatic rings. The van der Waals surface area contributed by atoms with E-state index >= 15 is 0 Å². The summed E-state index contributed by atoms with van der Waals surface area (Å²) in [5.41, 5.74) is 7.25. The number of rotatable bonds is 4. The topological polar surface area (TPSA) is 60.1 Å². The molecule has 1 saturated heterocycles. The molecule has 114 valence electrons. The number of aliphatic imine (C=N–C) groups is 1. The second-order valence-corrected chi connectivity index (χ2v) is 6.25. The molecule has 2 heterocycles. The quantitative estimate of drug-likeness (QED) is 0.902. The van der Waals surface area contributed by atoms with Crippen molar-refractivity contribution >= 4 is 21.9 Å². The van der Waals surface area contributed by atoms with Crippen LogP contribution in [0.4, 0.5) is 0 Å².